The van der Waals surface area contributed by atoms with E-state index in [0.29, 0.717) is 12.5 Å². The minimum atomic E-state index is -1.24. The van der Waals surface area contributed by atoms with Crippen LogP contribution in [-0.2, 0) is 6.42 Å². The first-order chi connectivity index (χ1) is 11.5. The molecule has 1 aliphatic carbocycles. The second-order valence-corrected chi connectivity index (χ2v) is 6.30. The molecule has 24 heavy (non-hydrogen) atoms. The Labute approximate surface area is 143 Å². The molecule has 0 heterocycles. The summed E-state index contributed by atoms with van der Waals surface area (Å²) >= 11 is 5.85. The third-order valence-corrected chi connectivity index (χ3v) is 4.88. The molecule has 0 bridgehead atoms. The number of fused-ring (bicyclic) bond motifs is 1. The van der Waals surface area contributed by atoms with Gasteiger partial charge in [0.15, 0.2) is 11.6 Å². The number of amides is 1. The summed E-state index contributed by atoms with van der Waals surface area (Å²) in [6.07, 6.45) is 2.87. The molecule has 1 amide bonds. The molecule has 0 aliphatic heterocycles. The lowest BCUT2D eigenvalue weighted by Gasteiger charge is -2.13. The monoisotopic (exact) mass is 350 g/mol. The van der Waals surface area contributed by atoms with Crippen molar-refractivity contribution in [2.24, 2.45) is 0 Å². The Hall–Kier alpha value is -2.14. The number of aryl methyl sites for hydroxylation is 1. The van der Waals surface area contributed by atoms with Crippen molar-refractivity contribution < 1.29 is 13.6 Å². The van der Waals surface area contributed by atoms with Crippen LogP contribution in [0.1, 0.15) is 40.2 Å². The largest absolute Gasteiger partial charge is 0.395 e. The fourth-order valence-corrected chi connectivity index (χ4v) is 3.41. The standard InChI is InChI=1S/C18H17ClF2N2O/c19-15-13(9-14(20)16(21)17(15)22)18(24)23-8-7-11-6-5-10-3-1-2-4-12(10)11/h1-4,9,11H,5-8,22H2,(H,23,24). The molecule has 0 fully saturated rings. The van der Waals surface area contributed by atoms with E-state index in [2.05, 4.69) is 17.4 Å². The van der Waals surface area contributed by atoms with Crippen LogP contribution in [0.2, 0.25) is 5.02 Å². The fourth-order valence-electron chi connectivity index (χ4n) is 3.19. The highest BCUT2D eigenvalue weighted by Gasteiger charge is 2.23. The third kappa shape index (κ3) is 3.08. The third-order valence-electron chi connectivity index (χ3n) is 4.47. The molecule has 1 atom stereocenters. The maximum atomic E-state index is 13.4. The Bertz CT molecular complexity index is 795. The summed E-state index contributed by atoms with van der Waals surface area (Å²) in [4.78, 5) is 12.2. The maximum Gasteiger partial charge on any atom is 0.252 e. The molecule has 3 N–H and O–H groups in total. The Balaban J connectivity index is 1.63. The molecule has 0 spiro atoms. The molecule has 1 aliphatic rings. The van der Waals surface area contributed by atoms with E-state index >= 15 is 0 Å². The summed E-state index contributed by atoms with van der Waals surface area (Å²) in [5.41, 5.74) is 7.35. The highest BCUT2D eigenvalue weighted by molar-refractivity contribution is 6.36. The summed E-state index contributed by atoms with van der Waals surface area (Å²) in [7, 11) is 0. The van der Waals surface area contributed by atoms with Gasteiger partial charge in [0.25, 0.3) is 5.91 Å². The SMILES string of the molecule is Nc1c(F)c(F)cc(C(=O)NCCC2CCc3ccccc32)c1Cl. The predicted octanol–water partition coefficient (Wildman–Crippen LogP) is 4.05. The fraction of sp³-hybridized carbons (Fsp3) is 0.278. The second-order valence-electron chi connectivity index (χ2n) is 5.93. The summed E-state index contributed by atoms with van der Waals surface area (Å²) in [6, 6.07) is 9.05. The van der Waals surface area contributed by atoms with Gasteiger partial charge in [0.05, 0.1) is 16.3 Å². The minimum absolute atomic E-state index is 0.153. The van der Waals surface area contributed by atoms with Gasteiger partial charge in [0.1, 0.15) is 0 Å². The smallest absolute Gasteiger partial charge is 0.252 e. The van der Waals surface area contributed by atoms with Crippen LogP contribution in [0.4, 0.5) is 14.5 Å². The average molecular weight is 351 g/mol. The Morgan fingerprint density at radius 1 is 1.33 bits per heavy atom. The van der Waals surface area contributed by atoms with Gasteiger partial charge >= 0.3 is 0 Å². The Morgan fingerprint density at radius 3 is 2.88 bits per heavy atom. The van der Waals surface area contributed by atoms with E-state index in [1.165, 1.54) is 11.1 Å². The zero-order chi connectivity index (χ0) is 17.3. The molecule has 2 aromatic carbocycles. The number of nitrogens with one attached hydrogen (secondary N) is 1. The number of hydrogen-bond acceptors (Lipinski definition) is 2. The van der Waals surface area contributed by atoms with Gasteiger partial charge in [-0.2, -0.15) is 0 Å². The van der Waals surface area contributed by atoms with Crippen molar-refractivity contribution in [3.63, 3.8) is 0 Å². The van der Waals surface area contributed by atoms with E-state index in [1.807, 2.05) is 12.1 Å². The number of hydrogen-bond donors (Lipinski definition) is 2. The molecular formula is C18H17ClF2N2O. The average Bonchev–Trinajstić information content (AvgIpc) is 2.99. The lowest BCUT2D eigenvalue weighted by atomic mass is 9.98. The van der Waals surface area contributed by atoms with Crippen molar-refractivity contribution in [3.8, 4) is 0 Å². The van der Waals surface area contributed by atoms with Crippen LogP contribution in [0, 0.1) is 11.6 Å². The number of nitrogen functional groups attached to an aromatic ring is 1. The molecule has 6 heteroatoms. The Kier molecular flexibility index (Phi) is 4.71. The summed E-state index contributed by atoms with van der Waals surface area (Å²) in [6.45, 7) is 0.424. The van der Waals surface area contributed by atoms with Crippen LogP contribution in [0.25, 0.3) is 0 Å². The molecule has 126 valence electrons. The van der Waals surface area contributed by atoms with E-state index in [1.54, 1.807) is 0 Å². The van der Waals surface area contributed by atoms with E-state index < -0.39 is 23.2 Å². The zero-order valence-corrected chi connectivity index (χ0v) is 13.7. The normalized spacial score (nSPS) is 16.0. The van der Waals surface area contributed by atoms with Crippen molar-refractivity contribution in [1.29, 1.82) is 0 Å². The van der Waals surface area contributed by atoms with Gasteiger partial charge in [-0.15, -0.1) is 0 Å². The molecule has 3 nitrogen and oxygen atoms in total. The van der Waals surface area contributed by atoms with Crippen LogP contribution in [0.3, 0.4) is 0 Å². The zero-order valence-electron chi connectivity index (χ0n) is 12.9. The highest BCUT2D eigenvalue weighted by Crippen LogP contribution is 2.35. The maximum absolute atomic E-state index is 13.4. The van der Waals surface area contributed by atoms with E-state index in [0.717, 1.165) is 25.3 Å². The van der Waals surface area contributed by atoms with Crippen LogP contribution in [0.5, 0.6) is 0 Å². The van der Waals surface area contributed by atoms with Gasteiger partial charge in [0, 0.05) is 6.54 Å². The van der Waals surface area contributed by atoms with Crippen molar-refractivity contribution >= 4 is 23.2 Å². The van der Waals surface area contributed by atoms with Crippen molar-refractivity contribution in [2.75, 3.05) is 12.3 Å². The van der Waals surface area contributed by atoms with Crippen molar-refractivity contribution in [2.45, 2.75) is 25.2 Å². The summed E-state index contributed by atoms with van der Waals surface area (Å²) in [5.74, 6) is -2.59. The van der Waals surface area contributed by atoms with E-state index in [-0.39, 0.29) is 10.6 Å². The molecule has 0 aromatic heterocycles. The van der Waals surface area contributed by atoms with Gasteiger partial charge in [-0.1, -0.05) is 35.9 Å². The van der Waals surface area contributed by atoms with Crippen LogP contribution < -0.4 is 11.1 Å². The topological polar surface area (TPSA) is 55.1 Å². The molecule has 3 rings (SSSR count). The number of halogens is 3. The predicted molar refractivity (Wildman–Crippen MR) is 90.2 cm³/mol. The lowest BCUT2D eigenvalue weighted by Crippen LogP contribution is -2.26. The Morgan fingerprint density at radius 2 is 2.08 bits per heavy atom. The molecule has 0 saturated carbocycles. The van der Waals surface area contributed by atoms with Crippen LogP contribution >= 0.6 is 11.6 Å². The van der Waals surface area contributed by atoms with Crippen molar-refractivity contribution in [1.82, 2.24) is 5.32 Å². The quantitative estimate of drug-likeness (QED) is 0.645. The molecular weight excluding hydrogens is 334 g/mol. The number of anilines is 1. The van der Waals surface area contributed by atoms with Gasteiger partial charge in [-0.3, -0.25) is 4.79 Å². The van der Waals surface area contributed by atoms with Gasteiger partial charge in [-0.05, 0) is 42.4 Å². The number of nitrogens with two attached hydrogens (primary N) is 1. The number of benzene rings is 2. The first kappa shape index (κ1) is 16.7. The number of carbonyl (C=O) groups excluding carboxylic acids is 1. The number of carbonyl (C=O) groups is 1. The second kappa shape index (κ2) is 6.77. The van der Waals surface area contributed by atoms with Crippen LogP contribution in [-0.4, -0.2) is 12.5 Å². The first-order valence-corrected chi connectivity index (χ1v) is 8.15. The van der Waals surface area contributed by atoms with E-state index in [9.17, 15) is 13.6 Å². The van der Waals surface area contributed by atoms with Crippen LogP contribution in [0.15, 0.2) is 30.3 Å². The summed E-state index contributed by atoms with van der Waals surface area (Å²) in [5, 5.41) is 2.44. The van der Waals surface area contributed by atoms with E-state index in [4.69, 9.17) is 17.3 Å². The van der Waals surface area contributed by atoms with Crippen molar-refractivity contribution in [3.05, 3.63) is 63.7 Å². The highest BCUT2D eigenvalue weighted by atomic mass is 35.5. The summed E-state index contributed by atoms with van der Waals surface area (Å²) < 4.78 is 26.7. The van der Waals surface area contributed by atoms with Gasteiger partial charge in [0.2, 0.25) is 0 Å². The van der Waals surface area contributed by atoms with Gasteiger partial charge in [-0.25, -0.2) is 8.78 Å². The lowest BCUT2D eigenvalue weighted by molar-refractivity contribution is 0.0952. The van der Waals surface area contributed by atoms with Gasteiger partial charge < -0.3 is 11.1 Å². The molecule has 2 aromatic rings. The molecule has 0 saturated heterocycles. The molecule has 1 unspecified atom stereocenters. The number of rotatable bonds is 4. The first-order valence-electron chi connectivity index (χ1n) is 7.78. The molecule has 0 radical (unpaired) electrons. The minimum Gasteiger partial charge on any atom is -0.395 e.